The molecule has 0 bridgehead atoms. The van der Waals surface area contributed by atoms with Crippen LogP contribution in [0.25, 0.3) is 0 Å². The Bertz CT molecular complexity index is 842. The number of allylic oxidation sites excluding steroid dienone is 10. The second-order valence-electron chi connectivity index (χ2n) is 10.3. The highest BCUT2D eigenvalue weighted by Gasteiger charge is 2.31. The van der Waals surface area contributed by atoms with Crippen LogP contribution in [0.1, 0.15) is 86.5 Å². The summed E-state index contributed by atoms with van der Waals surface area (Å²) in [7, 11) is 0. The van der Waals surface area contributed by atoms with Crippen LogP contribution in [0.3, 0.4) is 0 Å². The highest BCUT2D eigenvalue weighted by atomic mass is 15.1. The van der Waals surface area contributed by atoms with Crippen molar-refractivity contribution in [2.24, 2.45) is 5.41 Å². The molecule has 2 rings (SSSR count). The normalized spacial score (nSPS) is 23.6. The third-order valence-corrected chi connectivity index (χ3v) is 6.97. The van der Waals surface area contributed by atoms with Gasteiger partial charge in [-0.15, -0.1) is 0 Å². The molecule has 0 amide bonds. The smallest absolute Gasteiger partial charge is 0.0319 e. The molecule has 1 heteroatoms. The molecular weight excluding hydrogens is 374 g/mol. The summed E-state index contributed by atoms with van der Waals surface area (Å²) in [4.78, 5) is 2.47. The lowest BCUT2D eigenvalue weighted by molar-refractivity contribution is 0.172. The minimum Gasteiger partial charge on any atom is -0.372 e. The first-order valence-electron chi connectivity index (χ1n) is 12.1. The summed E-state index contributed by atoms with van der Waals surface area (Å²) < 4.78 is 0. The topological polar surface area (TPSA) is 3.24 Å². The van der Waals surface area contributed by atoms with E-state index in [0.717, 1.165) is 31.6 Å². The Balaban J connectivity index is 2.13. The molecule has 0 spiro atoms. The van der Waals surface area contributed by atoms with Crippen LogP contribution in [0.2, 0.25) is 0 Å². The fourth-order valence-corrected chi connectivity index (χ4v) is 5.19. The van der Waals surface area contributed by atoms with E-state index < -0.39 is 0 Å². The van der Waals surface area contributed by atoms with Crippen molar-refractivity contribution in [3.8, 4) is 0 Å². The van der Waals surface area contributed by atoms with Crippen molar-refractivity contribution in [3.05, 3.63) is 82.7 Å². The van der Waals surface area contributed by atoms with Gasteiger partial charge in [0.1, 0.15) is 0 Å². The second-order valence-corrected chi connectivity index (χ2v) is 10.3. The van der Waals surface area contributed by atoms with Crippen molar-refractivity contribution in [1.29, 1.82) is 0 Å². The molecule has 1 saturated carbocycles. The maximum absolute atomic E-state index is 4.47. The number of rotatable bonds is 9. The van der Waals surface area contributed by atoms with E-state index in [2.05, 4.69) is 84.4 Å². The van der Waals surface area contributed by atoms with Gasteiger partial charge in [0.15, 0.2) is 0 Å². The predicted octanol–water partition coefficient (Wildman–Crippen LogP) is 8.85. The first-order valence-corrected chi connectivity index (χ1v) is 12.1. The summed E-state index contributed by atoms with van der Waals surface area (Å²) in [6.45, 7) is 28.5. The molecule has 0 aromatic carbocycles. The minimum absolute atomic E-state index is 0.277. The molecule has 1 unspecified atom stereocenters. The van der Waals surface area contributed by atoms with Gasteiger partial charge in [-0.05, 0) is 107 Å². The van der Waals surface area contributed by atoms with E-state index in [-0.39, 0.29) is 5.41 Å². The monoisotopic (exact) mass is 419 g/mol. The molecular formula is C30H45N. The molecule has 1 atom stereocenters. The molecule has 0 aliphatic heterocycles. The molecule has 2 aliphatic rings. The summed E-state index contributed by atoms with van der Waals surface area (Å²) in [5.74, 6) is 0. The Morgan fingerprint density at radius 3 is 2.48 bits per heavy atom. The predicted molar refractivity (Wildman–Crippen MR) is 139 cm³/mol. The van der Waals surface area contributed by atoms with Gasteiger partial charge in [0.05, 0.1) is 0 Å². The van der Waals surface area contributed by atoms with E-state index in [1.165, 1.54) is 65.5 Å². The molecule has 0 N–H and O–H groups in total. The Morgan fingerprint density at radius 2 is 1.87 bits per heavy atom. The van der Waals surface area contributed by atoms with Crippen molar-refractivity contribution in [2.45, 2.75) is 86.5 Å². The van der Waals surface area contributed by atoms with Gasteiger partial charge < -0.3 is 4.90 Å². The lowest BCUT2D eigenvalue weighted by atomic mass is 9.72. The van der Waals surface area contributed by atoms with Crippen molar-refractivity contribution >= 4 is 0 Å². The van der Waals surface area contributed by atoms with E-state index >= 15 is 0 Å². The number of hydrogen-bond donors (Lipinski definition) is 0. The first-order chi connectivity index (χ1) is 14.6. The zero-order valence-electron chi connectivity index (χ0n) is 21.2. The van der Waals surface area contributed by atoms with Gasteiger partial charge in [-0.2, -0.15) is 0 Å². The van der Waals surface area contributed by atoms with Crippen molar-refractivity contribution in [1.82, 2.24) is 4.90 Å². The van der Waals surface area contributed by atoms with Crippen LogP contribution in [0.4, 0.5) is 0 Å². The van der Waals surface area contributed by atoms with E-state index in [9.17, 15) is 0 Å². The van der Waals surface area contributed by atoms with Crippen molar-refractivity contribution in [3.63, 3.8) is 0 Å². The number of nitrogens with zero attached hydrogens (tertiary/aromatic N) is 1. The highest BCUT2D eigenvalue weighted by Crippen LogP contribution is 2.41. The molecule has 0 heterocycles. The molecule has 0 radical (unpaired) electrons. The van der Waals surface area contributed by atoms with Crippen LogP contribution in [-0.4, -0.2) is 18.0 Å². The second kappa shape index (κ2) is 11.0. The van der Waals surface area contributed by atoms with Crippen molar-refractivity contribution in [2.75, 3.05) is 13.1 Å². The summed E-state index contributed by atoms with van der Waals surface area (Å²) >= 11 is 0. The fraction of sp³-hybridized carbons (Fsp3) is 0.533. The fourth-order valence-electron chi connectivity index (χ4n) is 5.19. The Hall–Kier alpha value is -2.02. The minimum atomic E-state index is 0.277. The maximum atomic E-state index is 4.47. The summed E-state index contributed by atoms with van der Waals surface area (Å²) in [5.41, 5.74) is 11.0. The zero-order valence-corrected chi connectivity index (χ0v) is 21.2. The summed E-state index contributed by atoms with van der Waals surface area (Å²) in [6.07, 6.45) is 15.2. The average molecular weight is 420 g/mol. The number of hydrogen-bond acceptors (Lipinski definition) is 1. The Labute approximate surface area is 192 Å². The molecule has 1 nitrogen and oxygen atoms in total. The highest BCUT2D eigenvalue weighted by molar-refractivity contribution is 5.54. The summed E-state index contributed by atoms with van der Waals surface area (Å²) in [5, 5.41) is 0. The third-order valence-electron chi connectivity index (χ3n) is 6.97. The third kappa shape index (κ3) is 6.99. The van der Waals surface area contributed by atoms with Crippen LogP contribution in [0, 0.1) is 5.41 Å². The van der Waals surface area contributed by atoms with Gasteiger partial charge in [-0.1, -0.05) is 61.6 Å². The molecule has 2 aliphatic carbocycles. The van der Waals surface area contributed by atoms with E-state index in [0.29, 0.717) is 0 Å². The van der Waals surface area contributed by atoms with Crippen LogP contribution in [0.15, 0.2) is 82.7 Å². The van der Waals surface area contributed by atoms with Gasteiger partial charge in [-0.3, -0.25) is 0 Å². The number of likely N-dealkylation sites (N-methyl/N-ethyl adjacent to an activating group) is 1. The van der Waals surface area contributed by atoms with Crippen LogP contribution in [-0.2, 0) is 0 Å². The molecule has 0 aromatic heterocycles. The largest absolute Gasteiger partial charge is 0.372 e. The Kier molecular flexibility index (Phi) is 8.98. The lowest BCUT2D eigenvalue weighted by Gasteiger charge is -2.41. The average Bonchev–Trinajstić information content (AvgIpc) is 2.69. The quantitative estimate of drug-likeness (QED) is 0.266. The molecule has 0 aromatic rings. The molecule has 1 fully saturated rings. The van der Waals surface area contributed by atoms with E-state index in [1.807, 2.05) is 0 Å². The lowest BCUT2D eigenvalue weighted by Crippen LogP contribution is -2.37. The van der Waals surface area contributed by atoms with E-state index in [1.54, 1.807) is 5.57 Å². The molecule has 0 saturated heterocycles. The van der Waals surface area contributed by atoms with Gasteiger partial charge in [0, 0.05) is 18.8 Å². The van der Waals surface area contributed by atoms with Crippen LogP contribution >= 0.6 is 0 Å². The molecule has 31 heavy (non-hydrogen) atoms. The first kappa shape index (κ1) is 25.2. The standard InChI is InChI=1S/C30H45N/c1-10-31(27(8)23(4)17-16-22(2)3)21-30(9)18-12-15-28(20-30)19-26(7)29-24(5)13-11-14-25(29)6/h13,17,19H,2,7-8,10-12,14-16,18,20-21H2,1,3-6,9H3/b23-17+,28-19-. The van der Waals surface area contributed by atoms with E-state index in [4.69, 9.17) is 0 Å². The van der Waals surface area contributed by atoms with Gasteiger partial charge in [0.25, 0.3) is 0 Å². The van der Waals surface area contributed by atoms with Gasteiger partial charge in [0.2, 0.25) is 0 Å². The van der Waals surface area contributed by atoms with Crippen LogP contribution in [0.5, 0.6) is 0 Å². The summed E-state index contributed by atoms with van der Waals surface area (Å²) in [6, 6.07) is 0. The maximum Gasteiger partial charge on any atom is 0.0319 e. The Morgan fingerprint density at radius 1 is 1.16 bits per heavy atom. The van der Waals surface area contributed by atoms with Gasteiger partial charge in [-0.25, -0.2) is 0 Å². The SMILES string of the molecule is C=C(C)C/C=C(\C)C(=C)N(CC)CC1(C)CCC/C(=C/C(=C)C2=C(C)CCC=C2C)C1. The molecule has 170 valence electrons. The van der Waals surface area contributed by atoms with Crippen molar-refractivity contribution < 1.29 is 0 Å². The zero-order chi connectivity index (χ0) is 23.2. The van der Waals surface area contributed by atoms with Crippen LogP contribution < -0.4 is 0 Å². The van der Waals surface area contributed by atoms with Gasteiger partial charge >= 0.3 is 0 Å².